The number of benzene rings is 1. The maximum atomic E-state index is 11.6. The van der Waals surface area contributed by atoms with E-state index in [2.05, 4.69) is 34.3 Å². The highest BCUT2D eigenvalue weighted by atomic mass is 32.2. The molecule has 0 aliphatic rings. The number of methoxy groups -OCH3 is 1. The second-order valence-corrected chi connectivity index (χ2v) is 5.75. The van der Waals surface area contributed by atoms with Gasteiger partial charge in [-0.05, 0) is 23.4 Å². The minimum atomic E-state index is -0.199. The topological polar surface area (TPSA) is 67.0 Å². The highest BCUT2D eigenvalue weighted by molar-refractivity contribution is 7.98. The molecule has 0 fully saturated rings. The summed E-state index contributed by atoms with van der Waals surface area (Å²) < 4.78 is 5.00. The number of anilines is 2. The Bertz CT molecular complexity index is 626. The molecule has 0 aliphatic carbocycles. The summed E-state index contributed by atoms with van der Waals surface area (Å²) in [6, 6.07) is 9.53. The zero-order valence-electron chi connectivity index (χ0n) is 12.2. The summed E-state index contributed by atoms with van der Waals surface area (Å²) in [6.07, 6.45) is 0. The first-order valence-corrected chi connectivity index (χ1v) is 7.89. The van der Waals surface area contributed by atoms with Crippen molar-refractivity contribution >= 4 is 23.4 Å². The van der Waals surface area contributed by atoms with E-state index in [0.717, 1.165) is 17.2 Å². The van der Waals surface area contributed by atoms with Crippen LogP contribution in [-0.2, 0) is 17.1 Å². The Morgan fingerprint density at radius 3 is 2.76 bits per heavy atom. The van der Waals surface area contributed by atoms with E-state index in [0.29, 0.717) is 18.2 Å². The number of ether oxygens (including phenoxy) is 1. The van der Waals surface area contributed by atoms with E-state index >= 15 is 0 Å². The predicted molar refractivity (Wildman–Crippen MR) is 87.1 cm³/mol. The molecule has 0 amide bonds. The Labute approximate surface area is 128 Å². The molecule has 21 heavy (non-hydrogen) atoms. The van der Waals surface area contributed by atoms with E-state index in [-0.39, 0.29) is 5.56 Å². The number of hydrogen-bond acceptors (Lipinski definition) is 5. The number of thioether (sulfide) groups is 1. The van der Waals surface area contributed by atoms with Gasteiger partial charge in [0.2, 0.25) is 5.95 Å². The van der Waals surface area contributed by atoms with Crippen LogP contribution < -0.4 is 10.9 Å². The van der Waals surface area contributed by atoms with Crippen LogP contribution in [0.4, 0.5) is 11.6 Å². The number of nitrogens with one attached hydrogen (secondary N) is 2. The molecule has 5 nitrogen and oxygen atoms in total. The van der Waals surface area contributed by atoms with Gasteiger partial charge in [0.05, 0.1) is 12.3 Å². The van der Waals surface area contributed by atoms with E-state index < -0.39 is 0 Å². The molecule has 0 bridgehead atoms. The molecule has 0 unspecified atom stereocenters. The molecule has 6 heteroatoms. The van der Waals surface area contributed by atoms with Crippen LogP contribution >= 0.6 is 11.8 Å². The van der Waals surface area contributed by atoms with Gasteiger partial charge in [0.25, 0.3) is 5.56 Å². The SMILES string of the molecule is CCSCc1ccc(Nc2nc(COC)cc(=O)[nH]2)cc1. The lowest BCUT2D eigenvalue weighted by atomic mass is 10.2. The summed E-state index contributed by atoms with van der Waals surface area (Å²) in [7, 11) is 1.57. The molecular formula is C15H19N3O2S. The summed E-state index contributed by atoms with van der Waals surface area (Å²) >= 11 is 1.89. The molecule has 0 saturated carbocycles. The van der Waals surface area contributed by atoms with E-state index in [1.54, 1.807) is 7.11 Å². The van der Waals surface area contributed by atoms with Crippen LogP contribution in [0.25, 0.3) is 0 Å². The van der Waals surface area contributed by atoms with Gasteiger partial charge < -0.3 is 10.1 Å². The molecule has 1 aromatic carbocycles. The normalized spacial score (nSPS) is 10.6. The number of H-pyrrole nitrogens is 1. The van der Waals surface area contributed by atoms with Crippen molar-refractivity contribution < 1.29 is 4.74 Å². The summed E-state index contributed by atoms with van der Waals surface area (Å²) in [4.78, 5) is 18.5. The van der Waals surface area contributed by atoms with Crippen LogP contribution in [0.15, 0.2) is 35.1 Å². The van der Waals surface area contributed by atoms with Crippen molar-refractivity contribution in [3.05, 3.63) is 51.9 Å². The van der Waals surface area contributed by atoms with E-state index in [1.807, 2.05) is 23.9 Å². The molecule has 0 spiro atoms. The first-order chi connectivity index (χ1) is 10.2. The van der Waals surface area contributed by atoms with Crippen molar-refractivity contribution in [3.63, 3.8) is 0 Å². The van der Waals surface area contributed by atoms with Gasteiger partial charge >= 0.3 is 0 Å². The standard InChI is InChI=1S/C15H19N3O2S/c1-3-21-10-11-4-6-12(7-5-11)16-15-17-13(9-20-2)8-14(19)18-15/h4-8H,3,9-10H2,1-2H3,(H2,16,17,18,19). The number of rotatable bonds is 7. The van der Waals surface area contributed by atoms with Crippen LogP contribution in [-0.4, -0.2) is 22.8 Å². The summed E-state index contributed by atoms with van der Waals surface area (Å²) in [5, 5.41) is 3.10. The third kappa shape index (κ3) is 4.91. The molecule has 0 atom stereocenters. The average molecular weight is 305 g/mol. The fraction of sp³-hybridized carbons (Fsp3) is 0.333. The molecule has 2 aromatic rings. The lowest BCUT2D eigenvalue weighted by molar-refractivity contribution is 0.181. The Balaban J connectivity index is 2.08. The fourth-order valence-electron chi connectivity index (χ4n) is 1.83. The smallest absolute Gasteiger partial charge is 0.252 e. The summed E-state index contributed by atoms with van der Waals surface area (Å²) in [6.45, 7) is 2.46. The van der Waals surface area contributed by atoms with Crippen molar-refractivity contribution in [2.24, 2.45) is 0 Å². The van der Waals surface area contributed by atoms with Gasteiger partial charge in [-0.25, -0.2) is 4.98 Å². The largest absolute Gasteiger partial charge is 0.378 e. The quantitative estimate of drug-likeness (QED) is 0.823. The van der Waals surface area contributed by atoms with Crippen LogP contribution in [0.1, 0.15) is 18.2 Å². The highest BCUT2D eigenvalue weighted by Gasteiger charge is 2.02. The first-order valence-electron chi connectivity index (χ1n) is 6.74. The first kappa shape index (κ1) is 15.6. The van der Waals surface area contributed by atoms with E-state index in [4.69, 9.17) is 4.74 Å². The number of aromatic nitrogens is 2. The minimum Gasteiger partial charge on any atom is -0.378 e. The molecule has 0 saturated heterocycles. The van der Waals surface area contributed by atoms with Gasteiger partial charge in [-0.15, -0.1) is 0 Å². The van der Waals surface area contributed by atoms with E-state index in [1.165, 1.54) is 11.6 Å². The second kappa shape index (κ2) is 7.85. The van der Waals surface area contributed by atoms with Crippen LogP contribution in [0.2, 0.25) is 0 Å². The minimum absolute atomic E-state index is 0.199. The zero-order valence-corrected chi connectivity index (χ0v) is 13.0. The van der Waals surface area contributed by atoms with Gasteiger partial charge in [-0.2, -0.15) is 11.8 Å². The van der Waals surface area contributed by atoms with Crippen molar-refractivity contribution in [3.8, 4) is 0 Å². The average Bonchev–Trinajstić information content (AvgIpc) is 2.46. The third-order valence-corrected chi connectivity index (χ3v) is 3.72. The number of nitrogens with zero attached hydrogens (tertiary/aromatic N) is 1. The van der Waals surface area contributed by atoms with Gasteiger partial charge in [0.1, 0.15) is 0 Å². The van der Waals surface area contributed by atoms with E-state index in [9.17, 15) is 4.79 Å². The van der Waals surface area contributed by atoms with Gasteiger partial charge in [-0.1, -0.05) is 19.1 Å². The van der Waals surface area contributed by atoms with Crippen molar-refractivity contribution in [1.82, 2.24) is 9.97 Å². The Hall–Kier alpha value is -1.79. The lowest BCUT2D eigenvalue weighted by Crippen LogP contribution is -2.12. The summed E-state index contributed by atoms with van der Waals surface area (Å²) in [5.41, 5.74) is 2.56. The maximum absolute atomic E-state index is 11.6. The Kier molecular flexibility index (Phi) is 5.83. The molecule has 0 aliphatic heterocycles. The molecule has 2 N–H and O–H groups in total. The molecule has 2 rings (SSSR count). The van der Waals surface area contributed by atoms with Gasteiger partial charge in [0.15, 0.2) is 0 Å². The monoisotopic (exact) mass is 305 g/mol. The van der Waals surface area contributed by atoms with Crippen LogP contribution in [0.5, 0.6) is 0 Å². The third-order valence-electron chi connectivity index (χ3n) is 2.78. The highest BCUT2D eigenvalue weighted by Crippen LogP contribution is 2.17. The zero-order chi connectivity index (χ0) is 15.1. The molecule has 1 aromatic heterocycles. The second-order valence-electron chi connectivity index (χ2n) is 4.48. The van der Waals surface area contributed by atoms with Gasteiger partial charge in [-0.3, -0.25) is 9.78 Å². The molecule has 1 heterocycles. The van der Waals surface area contributed by atoms with Crippen molar-refractivity contribution in [2.75, 3.05) is 18.2 Å². The lowest BCUT2D eigenvalue weighted by Gasteiger charge is -2.08. The predicted octanol–water partition coefficient (Wildman–Crippen LogP) is 2.91. The molecule has 0 radical (unpaired) electrons. The Morgan fingerprint density at radius 1 is 1.33 bits per heavy atom. The fourth-order valence-corrected chi connectivity index (χ4v) is 2.46. The van der Waals surface area contributed by atoms with Crippen molar-refractivity contribution in [2.45, 2.75) is 19.3 Å². The van der Waals surface area contributed by atoms with Crippen LogP contribution in [0, 0.1) is 0 Å². The van der Waals surface area contributed by atoms with Crippen LogP contribution in [0.3, 0.4) is 0 Å². The summed E-state index contributed by atoms with van der Waals surface area (Å²) in [5.74, 6) is 2.54. The molecular weight excluding hydrogens is 286 g/mol. The Morgan fingerprint density at radius 2 is 2.10 bits per heavy atom. The molecule has 112 valence electrons. The van der Waals surface area contributed by atoms with Gasteiger partial charge in [0, 0.05) is 24.6 Å². The maximum Gasteiger partial charge on any atom is 0.252 e. The number of aromatic amines is 1. The number of hydrogen-bond donors (Lipinski definition) is 2. The van der Waals surface area contributed by atoms with Crippen molar-refractivity contribution in [1.29, 1.82) is 0 Å².